The van der Waals surface area contributed by atoms with Gasteiger partial charge in [0.25, 0.3) is 5.91 Å². The molecule has 1 aromatic carbocycles. The minimum absolute atomic E-state index is 0.160. The summed E-state index contributed by atoms with van der Waals surface area (Å²) in [6.07, 6.45) is 6.84. The lowest BCUT2D eigenvalue weighted by Crippen LogP contribution is -2.23. The van der Waals surface area contributed by atoms with Crippen LogP contribution in [0.1, 0.15) is 10.4 Å². The van der Waals surface area contributed by atoms with E-state index in [0.29, 0.717) is 5.56 Å². The maximum Gasteiger partial charge on any atom is 0.252 e. The first-order valence-corrected chi connectivity index (χ1v) is 6.52. The fourth-order valence-electron chi connectivity index (χ4n) is 1.44. The fraction of sp³-hybridized carbons (Fsp3) is 0.0667. The zero-order valence-electron chi connectivity index (χ0n) is 10.2. The molecule has 0 aliphatic carbocycles. The second kappa shape index (κ2) is 6.62. The van der Waals surface area contributed by atoms with Crippen molar-refractivity contribution in [3.05, 3.63) is 54.2 Å². The summed E-state index contributed by atoms with van der Waals surface area (Å²) in [7, 11) is 0. The zero-order valence-corrected chi connectivity index (χ0v) is 11.0. The van der Waals surface area contributed by atoms with Gasteiger partial charge in [0.2, 0.25) is 0 Å². The van der Waals surface area contributed by atoms with E-state index >= 15 is 0 Å². The van der Waals surface area contributed by atoms with Crippen LogP contribution >= 0.6 is 11.8 Å². The Morgan fingerprint density at radius 1 is 1.26 bits per heavy atom. The molecule has 2 rings (SSSR count). The minimum atomic E-state index is -0.160. The third-order valence-electron chi connectivity index (χ3n) is 2.33. The Bertz CT molecular complexity index is 588. The molecule has 4 heteroatoms. The number of terminal acetylenes is 1. The Labute approximate surface area is 116 Å². The van der Waals surface area contributed by atoms with Crippen LogP contribution in [0.5, 0.6) is 0 Å². The van der Waals surface area contributed by atoms with Gasteiger partial charge in [-0.3, -0.25) is 4.79 Å². The SMILES string of the molecule is C#CCNC(=O)c1ccc(Sc2ccccn2)cc1. The van der Waals surface area contributed by atoms with E-state index < -0.39 is 0 Å². The predicted molar refractivity (Wildman–Crippen MR) is 76.0 cm³/mol. The maximum absolute atomic E-state index is 11.6. The van der Waals surface area contributed by atoms with E-state index in [0.717, 1.165) is 9.92 Å². The average Bonchev–Trinajstić information content (AvgIpc) is 2.46. The first kappa shape index (κ1) is 13.2. The number of hydrogen-bond donors (Lipinski definition) is 1. The highest BCUT2D eigenvalue weighted by Crippen LogP contribution is 2.25. The Kier molecular flexibility index (Phi) is 4.60. The molecule has 0 spiro atoms. The molecule has 0 aliphatic heterocycles. The standard InChI is InChI=1S/C15H12N2OS/c1-2-10-17-15(18)12-6-8-13(9-7-12)19-14-5-3-4-11-16-14/h1,3-9,11H,10H2,(H,17,18). The smallest absolute Gasteiger partial charge is 0.252 e. The normalized spacial score (nSPS) is 9.63. The summed E-state index contributed by atoms with van der Waals surface area (Å²) < 4.78 is 0. The number of carbonyl (C=O) groups excluding carboxylic acids is 1. The number of aromatic nitrogens is 1. The summed E-state index contributed by atoms with van der Waals surface area (Å²) in [6, 6.07) is 13.1. The summed E-state index contributed by atoms with van der Waals surface area (Å²) in [4.78, 5) is 16.9. The number of benzene rings is 1. The summed E-state index contributed by atoms with van der Waals surface area (Å²) in [5, 5.41) is 3.55. The molecule has 3 nitrogen and oxygen atoms in total. The highest BCUT2D eigenvalue weighted by molar-refractivity contribution is 7.99. The number of nitrogens with one attached hydrogen (secondary N) is 1. The van der Waals surface area contributed by atoms with E-state index in [4.69, 9.17) is 6.42 Å². The van der Waals surface area contributed by atoms with Crippen LogP contribution in [-0.4, -0.2) is 17.4 Å². The number of amides is 1. The summed E-state index contributed by atoms with van der Waals surface area (Å²) in [5.74, 6) is 2.21. The molecule has 0 fully saturated rings. The van der Waals surface area contributed by atoms with Crippen molar-refractivity contribution in [1.29, 1.82) is 0 Å². The number of hydrogen-bond acceptors (Lipinski definition) is 3. The minimum Gasteiger partial charge on any atom is -0.341 e. The van der Waals surface area contributed by atoms with Gasteiger partial charge in [-0.2, -0.15) is 0 Å². The average molecular weight is 268 g/mol. The molecule has 0 aliphatic rings. The molecule has 0 bridgehead atoms. The van der Waals surface area contributed by atoms with E-state index in [9.17, 15) is 4.79 Å². The third-order valence-corrected chi connectivity index (χ3v) is 3.29. The number of nitrogens with zero attached hydrogens (tertiary/aromatic N) is 1. The molecule has 0 radical (unpaired) electrons. The largest absolute Gasteiger partial charge is 0.341 e. The van der Waals surface area contributed by atoms with Crippen LogP contribution in [0, 0.1) is 12.3 Å². The van der Waals surface area contributed by atoms with Gasteiger partial charge >= 0.3 is 0 Å². The molecule has 94 valence electrons. The fourth-order valence-corrected chi connectivity index (χ4v) is 2.21. The second-order valence-electron chi connectivity index (χ2n) is 3.68. The number of carbonyl (C=O) groups is 1. The topological polar surface area (TPSA) is 42.0 Å². The second-order valence-corrected chi connectivity index (χ2v) is 4.78. The van der Waals surface area contributed by atoms with Crippen LogP contribution in [0.4, 0.5) is 0 Å². The number of pyridine rings is 1. The summed E-state index contributed by atoms with van der Waals surface area (Å²) in [6.45, 7) is 0.239. The van der Waals surface area contributed by atoms with Gasteiger partial charge in [0.15, 0.2) is 0 Å². The lowest BCUT2D eigenvalue weighted by atomic mass is 10.2. The molecule has 0 saturated heterocycles. The van der Waals surface area contributed by atoms with Crippen LogP contribution in [0.2, 0.25) is 0 Å². The molecule has 1 aromatic heterocycles. The van der Waals surface area contributed by atoms with E-state index in [1.165, 1.54) is 0 Å². The van der Waals surface area contributed by atoms with Gasteiger partial charge in [-0.25, -0.2) is 4.98 Å². The van der Waals surface area contributed by atoms with Crippen molar-refractivity contribution in [2.24, 2.45) is 0 Å². The van der Waals surface area contributed by atoms with Crippen LogP contribution in [0.3, 0.4) is 0 Å². The third kappa shape index (κ3) is 3.87. The van der Waals surface area contributed by atoms with Gasteiger partial charge in [-0.15, -0.1) is 6.42 Å². The Morgan fingerprint density at radius 3 is 2.68 bits per heavy atom. The van der Waals surface area contributed by atoms with Crippen molar-refractivity contribution in [2.75, 3.05) is 6.54 Å². The highest BCUT2D eigenvalue weighted by atomic mass is 32.2. The lowest BCUT2D eigenvalue weighted by Gasteiger charge is -2.03. The molecule has 1 N–H and O–H groups in total. The zero-order chi connectivity index (χ0) is 13.5. The molecule has 1 heterocycles. The first-order chi connectivity index (χ1) is 9.29. The quantitative estimate of drug-likeness (QED) is 0.867. The highest BCUT2D eigenvalue weighted by Gasteiger charge is 2.04. The Morgan fingerprint density at radius 2 is 2.05 bits per heavy atom. The lowest BCUT2D eigenvalue weighted by molar-refractivity contribution is 0.0958. The molecule has 2 aromatic rings. The molecule has 0 unspecified atom stereocenters. The van der Waals surface area contributed by atoms with Crippen molar-refractivity contribution in [1.82, 2.24) is 10.3 Å². The first-order valence-electron chi connectivity index (χ1n) is 5.70. The molecule has 0 saturated carbocycles. The van der Waals surface area contributed by atoms with Crippen molar-refractivity contribution in [3.8, 4) is 12.3 Å². The van der Waals surface area contributed by atoms with Crippen LogP contribution in [0.25, 0.3) is 0 Å². The Hall–Kier alpha value is -2.25. The number of rotatable bonds is 4. The summed E-state index contributed by atoms with van der Waals surface area (Å²) in [5.41, 5.74) is 0.598. The van der Waals surface area contributed by atoms with E-state index in [2.05, 4.69) is 16.2 Å². The Balaban J connectivity index is 2.03. The van der Waals surface area contributed by atoms with E-state index in [1.807, 2.05) is 30.3 Å². The van der Waals surface area contributed by atoms with E-state index in [1.54, 1.807) is 30.1 Å². The van der Waals surface area contributed by atoms with Crippen molar-refractivity contribution < 1.29 is 4.79 Å². The van der Waals surface area contributed by atoms with Crippen molar-refractivity contribution in [3.63, 3.8) is 0 Å². The van der Waals surface area contributed by atoms with Gasteiger partial charge in [-0.1, -0.05) is 23.7 Å². The molecule has 1 amide bonds. The van der Waals surface area contributed by atoms with Crippen LogP contribution in [-0.2, 0) is 0 Å². The molecular formula is C15H12N2OS. The van der Waals surface area contributed by atoms with Crippen LogP contribution < -0.4 is 5.32 Å². The van der Waals surface area contributed by atoms with Gasteiger partial charge in [0, 0.05) is 16.7 Å². The maximum atomic E-state index is 11.6. The van der Waals surface area contributed by atoms with Gasteiger partial charge in [0.05, 0.1) is 6.54 Å². The van der Waals surface area contributed by atoms with Crippen molar-refractivity contribution in [2.45, 2.75) is 9.92 Å². The van der Waals surface area contributed by atoms with Gasteiger partial charge < -0.3 is 5.32 Å². The van der Waals surface area contributed by atoms with Gasteiger partial charge in [0.1, 0.15) is 5.03 Å². The van der Waals surface area contributed by atoms with Crippen molar-refractivity contribution >= 4 is 17.7 Å². The predicted octanol–water partition coefficient (Wildman–Crippen LogP) is 2.60. The monoisotopic (exact) mass is 268 g/mol. The van der Waals surface area contributed by atoms with Gasteiger partial charge in [-0.05, 0) is 36.4 Å². The molecule has 19 heavy (non-hydrogen) atoms. The van der Waals surface area contributed by atoms with Crippen LogP contribution in [0.15, 0.2) is 58.6 Å². The molecular weight excluding hydrogens is 256 g/mol. The summed E-state index contributed by atoms with van der Waals surface area (Å²) >= 11 is 1.55. The van der Waals surface area contributed by atoms with E-state index in [-0.39, 0.29) is 12.5 Å². The molecule has 0 atom stereocenters.